The number of amides is 14. The van der Waals surface area contributed by atoms with Crippen LogP contribution >= 0.6 is 11.8 Å². The van der Waals surface area contributed by atoms with E-state index in [1.54, 1.807) is 112 Å². The molecule has 7 aromatic rings. The summed E-state index contributed by atoms with van der Waals surface area (Å²) >= 11 is 0.696. The number of phenols is 2. The number of primary amides is 1. The number of H-pyrrole nitrogens is 1. The molecule has 1 saturated carbocycles. The first-order valence-corrected chi connectivity index (χ1v) is 50.0. The van der Waals surface area contributed by atoms with Crippen molar-refractivity contribution >= 4 is 117 Å². The van der Waals surface area contributed by atoms with E-state index in [4.69, 9.17) is 11.5 Å². The number of nitrogens with two attached hydrogens (primary N) is 2. The Kier molecular flexibility index (Phi) is 39.5. The summed E-state index contributed by atoms with van der Waals surface area (Å²) in [5, 5.41) is 56.3. The smallest absolute Gasteiger partial charge is 0.246 e. The normalized spacial score (nSPS) is 24.4. The first kappa shape index (κ1) is 110. The minimum atomic E-state index is -1.85. The zero-order valence-electron chi connectivity index (χ0n) is 81.9. The lowest BCUT2D eigenvalue weighted by Crippen LogP contribution is -2.76. The van der Waals surface area contributed by atoms with Crippen molar-refractivity contribution in [2.75, 3.05) is 58.8 Å². The number of aromatic amines is 1. The van der Waals surface area contributed by atoms with Crippen LogP contribution in [0.15, 0.2) is 152 Å². The molecule has 768 valence electrons. The predicted octanol–water partition coefficient (Wildman–Crippen LogP) is 5.45. The number of nitrogens with zero attached hydrogens (tertiary/aromatic N) is 5. The third kappa shape index (κ3) is 28.7. The molecule has 4 saturated heterocycles. The number of aromatic hydroxyl groups is 2. The highest BCUT2D eigenvalue weighted by Gasteiger charge is 2.60. The number of unbranched alkanes of at least 4 members (excludes halogenated alkanes) is 2. The van der Waals surface area contributed by atoms with Crippen molar-refractivity contribution in [3.63, 3.8) is 0 Å². The number of benzene rings is 6. The summed E-state index contributed by atoms with van der Waals surface area (Å²) in [7, 11) is 3.95. The van der Waals surface area contributed by atoms with Gasteiger partial charge in [-0.15, -0.1) is 11.8 Å². The standard InChI is InChI=1S/C104H133F3N18O17S/c1-9-11-32-84-102(141)124-44-24-33-83(124)97(136)117-78(54-73(109)61(5)10-2)96(135)120-90(60(3)4)103(142)122(7)85(51-62-25-14-12-15-26-62)98(137)118-80(49-65-36-40-69(127)41-37-65)100(139)125-45-23-21-42-104(125)55-81(91(104)130)113-77(53-67-56-111-74-30-19-18-29-70(67)74)95(134)116-76(48-64-34-38-68(126)39-35-64)94(133)115-75(31-20-22-43-108)93(132)119-82(92(131)112-57-87(110)128)58-143-59-88(129)114-79(50-66-46-71(105)89(107)72(106)47-66)99(138)123(8)86(101(140)121(84)6)52-63-27-16-13-17-28-63/h12-19,25-30,34-41,46-47,56,60-61,75-86,90,109,111,113,126-127H,9-11,20-24,31-33,42-45,48-55,57-59,108H2,1-8H3,(H2,110,128)(H,112,131)(H,114,129)(H,115,133)(H,116,134)(H,117,136)(H,118,137)(H,119,132)(H,120,135). The Morgan fingerprint density at radius 2 is 1.10 bits per heavy atom. The van der Waals surface area contributed by atoms with Crippen LogP contribution in [0.3, 0.4) is 0 Å². The van der Waals surface area contributed by atoms with Gasteiger partial charge in [0.2, 0.25) is 82.7 Å². The van der Waals surface area contributed by atoms with Crippen molar-refractivity contribution in [1.29, 1.82) is 5.41 Å². The van der Waals surface area contributed by atoms with Crippen molar-refractivity contribution in [2.45, 2.75) is 247 Å². The third-order valence-corrected chi connectivity index (χ3v) is 28.5. The molecule has 17 N–H and O–H groups in total. The van der Waals surface area contributed by atoms with Crippen LogP contribution in [0.5, 0.6) is 11.5 Å². The van der Waals surface area contributed by atoms with Gasteiger partial charge in [-0.1, -0.05) is 151 Å². The van der Waals surface area contributed by atoms with Gasteiger partial charge in [0.1, 0.15) is 83.5 Å². The molecular formula is C104H133F3N18O17S. The number of carbonyl (C=O) groups excluding carboxylic acids is 15. The molecule has 143 heavy (non-hydrogen) atoms. The van der Waals surface area contributed by atoms with Crippen molar-refractivity contribution in [3.05, 3.63) is 203 Å². The Morgan fingerprint density at radius 3 is 1.71 bits per heavy atom. The topological polar surface area (TPSA) is 513 Å². The van der Waals surface area contributed by atoms with E-state index in [9.17, 15) is 34.4 Å². The molecular weight excluding hydrogens is 1860 g/mol. The first-order chi connectivity index (χ1) is 68.3. The summed E-state index contributed by atoms with van der Waals surface area (Å²) in [6, 6.07) is 17.7. The minimum absolute atomic E-state index is 0.00102. The lowest BCUT2D eigenvalue weighted by molar-refractivity contribution is -0.163. The van der Waals surface area contributed by atoms with Gasteiger partial charge in [0.25, 0.3) is 0 Å². The fourth-order valence-electron chi connectivity index (χ4n) is 18.9. The Bertz CT molecular complexity index is 5690. The molecule has 12 rings (SSSR count). The van der Waals surface area contributed by atoms with Gasteiger partial charge >= 0.3 is 0 Å². The fraction of sp³-hybridized carbons (Fsp3) is 0.481. The number of hydrogen-bond acceptors (Lipinski definition) is 21. The van der Waals surface area contributed by atoms with Crippen LogP contribution in [-0.4, -0.2) is 277 Å². The number of fused-ring (bicyclic) bond motifs is 36. The summed E-state index contributed by atoms with van der Waals surface area (Å²) in [5.41, 5.74) is 12.9. The molecule has 5 fully saturated rings. The van der Waals surface area contributed by atoms with Crippen LogP contribution in [0.25, 0.3) is 10.9 Å². The second kappa shape index (κ2) is 51.4. The van der Waals surface area contributed by atoms with E-state index in [1.165, 1.54) is 72.2 Å². The molecule has 0 radical (unpaired) electrons. The van der Waals surface area contributed by atoms with E-state index >= 15 is 66.3 Å². The average molecular weight is 2000 g/mol. The van der Waals surface area contributed by atoms with Crippen LogP contribution in [0.4, 0.5) is 13.2 Å². The van der Waals surface area contributed by atoms with Gasteiger partial charge in [-0.3, -0.25) is 77.2 Å². The zero-order valence-corrected chi connectivity index (χ0v) is 82.7. The molecule has 5 aliphatic rings. The quantitative estimate of drug-likeness (QED) is 0.0132. The fourth-order valence-corrected chi connectivity index (χ4v) is 19.8. The SMILES string of the molecule is CCCCC1C(=O)N2CCCC2C(=O)NC(CC(=N)C(C)CC)C(=O)NC(C(C)C)C(=O)N(C)C(Cc2ccccc2)C(=O)NC(Cc2ccc(O)cc2)C(=O)N2CCCCC23CC(NC(Cc2c[nH]c4ccccc24)C(=O)NC(Cc2ccc(O)cc2)C(=O)NC(CCCCN)C(=O)NC(C(=O)NCC(N)=O)CSCC(=O)NC(Cc2cc(F)c(F)c(F)c2)C(=O)N(C)C(Cc2ccccc2)C(=O)N1C)C3=O. The number of nitrogens with one attached hydrogen (secondary N) is 11. The lowest BCUT2D eigenvalue weighted by Gasteiger charge is -2.56. The maximum atomic E-state index is 16.2. The summed E-state index contributed by atoms with van der Waals surface area (Å²) in [5.74, 6) is -20.7. The van der Waals surface area contributed by atoms with Crippen molar-refractivity contribution in [2.24, 2.45) is 23.3 Å². The Labute approximate surface area is 833 Å². The number of piperidine rings is 1. The average Bonchev–Trinajstić information content (AvgIpc) is 1.09. The van der Waals surface area contributed by atoms with Crippen molar-refractivity contribution in [3.8, 4) is 11.5 Å². The molecule has 1 aromatic heterocycles. The summed E-state index contributed by atoms with van der Waals surface area (Å²) in [6.07, 6.45) is 2.35. The van der Waals surface area contributed by atoms with Crippen LogP contribution < -0.4 is 59.3 Å². The number of Topliss-reactive ketones (excluding diaryl/α,β-unsaturated/α-hetero) is 1. The number of rotatable bonds is 27. The Balaban J connectivity index is 1.000. The number of thioether (sulfide) groups is 1. The number of halogens is 3. The van der Waals surface area contributed by atoms with Gasteiger partial charge in [0.05, 0.1) is 24.4 Å². The first-order valence-electron chi connectivity index (χ1n) is 48.9. The minimum Gasteiger partial charge on any atom is -0.508 e. The molecule has 39 heteroatoms. The van der Waals surface area contributed by atoms with Gasteiger partial charge in [-0.2, -0.15) is 0 Å². The second-order valence-corrected chi connectivity index (χ2v) is 39.0. The summed E-state index contributed by atoms with van der Waals surface area (Å²) < 4.78 is 45.4. The van der Waals surface area contributed by atoms with E-state index in [1.807, 2.05) is 26.0 Å². The monoisotopic (exact) mass is 1990 g/mol. The van der Waals surface area contributed by atoms with Gasteiger partial charge < -0.3 is 99.1 Å². The van der Waals surface area contributed by atoms with Crippen molar-refractivity contribution in [1.82, 2.24) is 77.3 Å². The number of para-hydroxylation sites is 1. The molecule has 15 unspecified atom stereocenters. The number of likely N-dealkylation sites (N-methyl/N-ethyl adjacent to an activating group) is 3. The highest BCUT2D eigenvalue weighted by atomic mass is 32.2. The highest BCUT2D eigenvalue weighted by molar-refractivity contribution is 8.00. The predicted molar refractivity (Wildman–Crippen MR) is 531 cm³/mol. The van der Waals surface area contributed by atoms with Gasteiger partial charge in [0, 0.05) is 108 Å². The molecule has 14 amide bonds. The lowest BCUT2D eigenvalue weighted by atomic mass is 9.65. The summed E-state index contributed by atoms with van der Waals surface area (Å²) in [6.45, 7) is 8.12. The van der Waals surface area contributed by atoms with E-state index < -0.39 is 226 Å². The highest BCUT2D eigenvalue weighted by Crippen LogP contribution is 2.43. The van der Waals surface area contributed by atoms with Crippen molar-refractivity contribution < 1.29 is 95.3 Å². The number of carbonyl (C=O) groups is 15. The Morgan fingerprint density at radius 1 is 0.545 bits per heavy atom. The number of ketones is 1. The van der Waals surface area contributed by atoms with E-state index in [0.29, 0.717) is 101 Å². The van der Waals surface area contributed by atoms with Crippen LogP contribution in [0, 0.1) is 34.7 Å². The molecule has 15 atom stereocenters. The number of hydrogen-bond donors (Lipinski definition) is 15. The number of phenolic OH excluding ortho intramolecular Hbond substituents is 2. The molecule has 5 heterocycles. The molecule has 4 aliphatic heterocycles. The molecule has 35 nitrogen and oxygen atoms in total. The van der Waals surface area contributed by atoms with E-state index in [-0.39, 0.29) is 126 Å². The van der Waals surface area contributed by atoms with Gasteiger partial charge in [0.15, 0.2) is 23.2 Å². The van der Waals surface area contributed by atoms with E-state index in [2.05, 4.69) is 52.8 Å². The summed E-state index contributed by atoms with van der Waals surface area (Å²) in [4.78, 5) is 239. The third-order valence-electron chi connectivity index (χ3n) is 27.4. The Hall–Kier alpha value is -13.6. The van der Waals surface area contributed by atoms with E-state index in [0.717, 1.165) is 9.80 Å². The molecule has 2 bridgehead atoms. The van der Waals surface area contributed by atoms with Gasteiger partial charge in [-0.05, 0) is 165 Å². The largest absolute Gasteiger partial charge is 0.508 e. The second-order valence-electron chi connectivity index (χ2n) is 38.0. The molecule has 1 spiro atoms. The zero-order chi connectivity index (χ0) is 104. The van der Waals surface area contributed by atoms with Gasteiger partial charge in [-0.25, -0.2) is 13.2 Å². The van der Waals surface area contributed by atoms with Crippen LogP contribution in [-0.2, 0) is 110 Å². The molecule has 6 aromatic carbocycles. The van der Waals surface area contributed by atoms with Crippen LogP contribution in [0.1, 0.15) is 158 Å². The van der Waals surface area contributed by atoms with Crippen LogP contribution in [0.2, 0.25) is 0 Å². The molecule has 1 aliphatic carbocycles. The maximum absolute atomic E-state index is 16.2. The maximum Gasteiger partial charge on any atom is 0.246 e. The number of aromatic nitrogens is 1.